The van der Waals surface area contributed by atoms with Gasteiger partial charge in [0.05, 0.1) is 18.8 Å². The largest absolute Gasteiger partial charge is 0.377 e. The lowest BCUT2D eigenvalue weighted by Gasteiger charge is -2.42. The highest BCUT2D eigenvalue weighted by Gasteiger charge is 2.39. The second-order valence-electron chi connectivity index (χ2n) is 4.75. The van der Waals surface area contributed by atoms with E-state index in [0.29, 0.717) is 19.6 Å². The van der Waals surface area contributed by atoms with Gasteiger partial charge in [-0.05, 0) is 30.7 Å². The van der Waals surface area contributed by atoms with E-state index in [1.54, 1.807) is 0 Å². The third-order valence-electron chi connectivity index (χ3n) is 3.73. The molecule has 0 unspecified atom stereocenters. The molecule has 1 aromatic carbocycles. The molecule has 2 aliphatic rings. The molecule has 0 aliphatic carbocycles. The summed E-state index contributed by atoms with van der Waals surface area (Å²) >= 11 is 0. The van der Waals surface area contributed by atoms with E-state index < -0.39 is 0 Å². The highest BCUT2D eigenvalue weighted by atomic mass is 16.5. The van der Waals surface area contributed by atoms with Gasteiger partial charge in [-0.15, -0.1) is 0 Å². The summed E-state index contributed by atoms with van der Waals surface area (Å²) in [6, 6.07) is 6.26. The summed E-state index contributed by atoms with van der Waals surface area (Å²) in [5.41, 5.74) is 3.40. The Morgan fingerprint density at radius 1 is 1.35 bits per heavy atom. The van der Waals surface area contributed by atoms with Crippen molar-refractivity contribution in [2.24, 2.45) is 0 Å². The number of hydrogen-bond donors (Lipinski definition) is 2. The molecule has 17 heavy (non-hydrogen) atoms. The van der Waals surface area contributed by atoms with Crippen molar-refractivity contribution in [2.75, 3.05) is 25.6 Å². The van der Waals surface area contributed by atoms with Crippen molar-refractivity contribution >= 4 is 11.6 Å². The quantitative estimate of drug-likeness (QED) is 0.800. The molecule has 4 nitrogen and oxygen atoms in total. The molecule has 1 amide bonds. The summed E-state index contributed by atoms with van der Waals surface area (Å²) in [5.74, 6) is 0.112. The minimum atomic E-state index is -0.0313. The van der Waals surface area contributed by atoms with Crippen molar-refractivity contribution in [2.45, 2.75) is 18.4 Å². The van der Waals surface area contributed by atoms with Gasteiger partial charge in [-0.3, -0.25) is 4.79 Å². The number of rotatable bonds is 2. The standard InChI is InChI=1S/C13H16N2O2/c1-14-13(7-17-8-13)10-3-4-11-9(6-10)2-5-12(16)15-11/h3-4,6,14H,2,5,7-8H2,1H3,(H,15,16). The van der Waals surface area contributed by atoms with Crippen molar-refractivity contribution in [3.63, 3.8) is 0 Å². The molecule has 0 radical (unpaired) electrons. The summed E-state index contributed by atoms with van der Waals surface area (Å²) in [6.45, 7) is 1.43. The first kappa shape index (κ1) is 10.7. The van der Waals surface area contributed by atoms with Crippen molar-refractivity contribution in [1.82, 2.24) is 5.32 Å². The second kappa shape index (κ2) is 3.82. The number of ether oxygens (including phenoxy) is 1. The number of carbonyl (C=O) groups excluding carboxylic acids is 1. The average molecular weight is 232 g/mol. The topological polar surface area (TPSA) is 50.4 Å². The Labute approximate surface area is 100 Å². The summed E-state index contributed by atoms with van der Waals surface area (Å²) < 4.78 is 5.31. The van der Waals surface area contributed by atoms with Crippen LogP contribution in [0.1, 0.15) is 17.5 Å². The van der Waals surface area contributed by atoms with Crippen LogP contribution in [0.25, 0.3) is 0 Å². The predicted octanol–water partition coefficient (Wildman–Crippen LogP) is 1.02. The molecule has 1 saturated heterocycles. The number of likely N-dealkylation sites (N-methyl/N-ethyl adjacent to an activating group) is 1. The maximum Gasteiger partial charge on any atom is 0.224 e. The molecule has 0 bridgehead atoms. The summed E-state index contributed by atoms with van der Waals surface area (Å²) in [5, 5.41) is 6.24. The van der Waals surface area contributed by atoms with Gasteiger partial charge in [-0.1, -0.05) is 12.1 Å². The van der Waals surface area contributed by atoms with Crippen LogP contribution in [0.15, 0.2) is 18.2 Å². The maximum absolute atomic E-state index is 11.3. The number of aryl methyl sites for hydroxylation is 1. The lowest BCUT2D eigenvalue weighted by Crippen LogP contribution is -2.56. The first-order valence-electron chi connectivity index (χ1n) is 5.93. The van der Waals surface area contributed by atoms with Gasteiger partial charge in [0.2, 0.25) is 5.91 Å². The molecule has 2 heterocycles. The van der Waals surface area contributed by atoms with Crippen LogP contribution >= 0.6 is 0 Å². The molecule has 2 N–H and O–H groups in total. The van der Waals surface area contributed by atoms with Crippen LogP contribution in [0.5, 0.6) is 0 Å². The first-order chi connectivity index (χ1) is 8.23. The van der Waals surface area contributed by atoms with Crippen LogP contribution in [0.2, 0.25) is 0 Å². The highest BCUT2D eigenvalue weighted by molar-refractivity contribution is 5.93. The molecule has 0 spiro atoms. The zero-order valence-corrected chi connectivity index (χ0v) is 9.88. The Bertz CT molecular complexity index is 461. The van der Waals surface area contributed by atoms with Crippen molar-refractivity contribution < 1.29 is 9.53 Å². The minimum Gasteiger partial charge on any atom is -0.377 e. The molecule has 1 fully saturated rings. The first-order valence-corrected chi connectivity index (χ1v) is 5.93. The maximum atomic E-state index is 11.3. The Kier molecular flexibility index (Phi) is 2.42. The van der Waals surface area contributed by atoms with Crippen LogP contribution in [-0.2, 0) is 21.5 Å². The van der Waals surface area contributed by atoms with Gasteiger partial charge in [0.25, 0.3) is 0 Å². The molecule has 2 aliphatic heterocycles. The van der Waals surface area contributed by atoms with Gasteiger partial charge >= 0.3 is 0 Å². The Morgan fingerprint density at radius 2 is 2.18 bits per heavy atom. The molecule has 4 heteroatoms. The average Bonchev–Trinajstić information content (AvgIpc) is 2.28. The van der Waals surface area contributed by atoms with Crippen molar-refractivity contribution in [3.05, 3.63) is 29.3 Å². The van der Waals surface area contributed by atoms with E-state index in [2.05, 4.69) is 22.8 Å². The fourth-order valence-corrected chi connectivity index (χ4v) is 2.44. The van der Waals surface area contributed by atoms with Gasteiger partial charge < -0.3 is 15.4 Å². The number of benzene rings is 1. The van der Waals surface area contributed by atoms with Gasteiger partial charge in [0.15, 0.2) is 0 Å². The number of nitrogens with one attached hydrogen (secondary N) is 2. The molecule has 1 aromatic rings. The smallest absolute Gasteiger partial charge is 0.224 e. The monoisotopic (exact) mass is 232 g/mol. The normalized spacial score (nSPS) is 21.4. The fourth-order valence-electron chi connectivity index (χ4n) is 2.44. The lowest BCUT2D eigenvalue weighted by molar-refractivity contribution is -0.116. The number of amides is 1. The third-order valence-corrected chi connectivity index (χ3v) is 3.73. The van der Waals surface area contributed by atoms with Gasteiger partial charge in [-0.2, -0.15) is 0 Å². The minimum absolute atomic E-state index is 0.0313. The molecular weight excluding hydrogens is 216 g/mol. The Hall–Kier alpha value is -1.39. The molecule has 90 valence electrons. The fraction of sp³-hybridized carbons (Fsp3) is 0.462. The zero-order chi connectivity index (χ0) is 11.9. The molecule has 3 rings (SSSR count). The van der Waals surface area contributed by atoms with Crippen LogP contribution in [-0.4, -0.2) is 26.2 Å². The molecule has 0 aromatic heterocycles. The number of hydrogen-bond acceptors (Lipinski definition) is 3. The molecule has 0 saturated carbocycles. The van der Waals surface area contributed by atoms with Gasteiger partial charge in [0.1, 0.15) is 0 Å². The summed E-state index contributed by atoms with van der Waals surface area (Å²) in [7, 11) is 1.96. The predicted molar refractivity (Wildman–Crippen MR) is 64.9 cm³/mol. The van der Waals surface area contributed by atoms with Crippen molar-refractivity contribution in [1.29, 1.82) is 0 Å². The summed E-state index contributed by atoms with van der Waals surface area (Å²) in [6.07, 6.45) is 1.41. The van der Waals surface area contributed by atoms with E-state index in [0.717, 1.165) is 12.1 Å². The van der Waals surface area contributed by atoms with E-state index in [1.165, 1.54) is 11.1 Å². The van der Waals surface area contributed by atoms with Gasteiger partial charge in [0, 0.05) is 12.1 Å². The van der Waals surface area contributed by atoms with Crippen LogP contribution in [0.4, 0.5) is 5.69 Å². The Morgan fingerprint density at radius 3 is 2.82 bits per heavy atom. The molecule has 0 atom stereocenters. The number of fused-ring (bicyclic) bond motifs is 1. The number of anilines is 1. The summed E-state index contributed by atoms with van der Waals surface area (Å²) in [4.78, 5) is 11.3. The van der Waals surface area contributed by atoms with E-state index >= 15 is 0 Å². The SMILES string of the molecule is CNC1(c2ccc3c(c2)CCC(=O)N3)COC1. The van der Waals surface area contributed by atoms with Crippen LogP contribution in [0.3, 0.4) is 0 Å². The zero-order valence-electron chi connectivity index (χ0n) is 9.88. The van der Waals surface area contributed by atoms with E-state index in [1.807, 2.05) is 13.1 Å². The molecular formula is C13H16N2O2. The van der Waals surface area contributed by atoms with Crippen molar-refractivity contribution in [3.8, 4) is 0 Å². The third kappa shape index (κ3) is 1.64. The van der Waals surface area contributed by atoms with Crippen LogP contribution in [0, 0.1) is 0 Å². The second-order valence-corrected chi connectivity index (χ2v) is 4.75. The van der Waals surface area contributed by atoms with Gasteiger partial charge in [-0.25, -0.2) is 0 Å². The highest BCUT2D eigenvalue weighted by Crippen LogP contribution is 2.33. The van der Waals surface area contributed by atoms with E-state index in [4.69, 9.17) is 4.74 Å². The van der Waals surface area contributed by atoms with E-state index in [9.17, 15) is 4.79 Å². The van der Waals surface area contributed by atoms with E-state index in [-0.39, 0.29) is 11.4 Å². The number of carbonyl (C=O) groups is 1. The Balaban J connectivity index is 1.96. The lowest BCUT2D eigenvalue weighted by atomic mass is 9.86. The van der Waals surface area contributed by atoms with Crippen LogP contribution < -0.4 is 10.6 Å².